The Morgan fingerprint density at radius 1 is 0.931 bits per heavy atom. The average Bonchev–Trinajstić information content (AvgIpc) is 2.74. The van der Waals surface area contributed by atoms with Crippen LogP contribution in [0.4, 0.5) is 0 Å². The van der Waals surface area contributed by atoms with Gasteiger partial charge in [0, 0.05) is 5.75 Å². The number of hydrogen-bond donors (Lipinski definition) is 0. The van der Waals surface area contributed by atoms with Crippen LogP contribution >= 0.6 is 11.8 Å². The summed E-state index contributed by atoms with van der Waals surface area (Å²) in [6.07, 6.45) is 2.05. The van der Waals surface area contributed by atoms with Gasteiger partial charge in [-0.25, -0.2) is 4.98 Å². The maximum Gasteiger partial charge on any atom is 0.266 e. The lowest BCUT2D eigenvalue weighted by Crippen LogP contribution is -2.22. The largest absolute Gasteiger partial charge is 0.268 e. The first-order valence-corrected chi connectivity index (χ1v) is 10.9. The molecule has 0 amide bonds. The fourth-order valence-corrected chi connectivity index (χ4v) is 4.41. The summed E-state index contributed by atoms with van der Waals surface area (Å²) >= 11 is 1.66. The molecule has 0 aliphatic rings. The van der Waals surface area contributed by atoms with Gasteiger partial charge in [0.05, 0.1) is 16.6 Å². The van der Waals surface area contributed by atoms with E-state index in [0.29, 0.717) is 5.39 Å². The van der Waals surface area contributed by atoms with Gasteiger partial charge in [0.1, 0.15) is 0 Å². The van der Waals surface area contributed by atoms with Crippen molar-refractivity contribution in [3.8, 4) is 5.69 Å². The summed E-state index contributed by atoms with van der Waals surface area (Å²) in [6.45, 7) is 4.09. The number of benzene rings is 3. The van der Waals surface area contributed by atoms with E-state index in [1.165, 1.54) is 5.56 Å². The van der Waals surface area contributed by atoms with E-state index in [2.05, 4.69) is 49.4 Å². The Morgan fingerprint density at radius 3 is 2.52 bits per heavy atom. The van der Waals surface area contributed by atoms with Crippen molar-refractivity contribution in [1.29, 1.82) is 0 Å². The van der Waals surface area contributed by atoms with E-state index in [4.69, 9.17) is 4.98 Å². The Bertz CT molecular complexity index is 1200. The van der Waals surface area contributed by atoms with E-state index in [1.807, 2.05) is 37.3 Å². The van der Waals surface area contributed by atoms with E-state index in [0.717, 1.165) is 46.1 Å². The molecular formula is C25H24N2OS. The lowest BCUT2D eigenvalue weighted by molar-refractivity contribution is 0.810. The van der Waals surface area contributed by atoms with E-state index in [-0.39, 0.29) is 5.56 Å². The van der Waals surface area contributed by atoms with Crippen LogP contribution in [0.1, 0.15) is 23.1 Å². The molecule has 146 valence electrons. The second-order valence-electron chi connectivity index (χ2n) is 7.28. The Hall–Kier alpha value is -2.85. The minimum Gasteiger partial charge on any atom is -0.268 e. The van der Waals surface area contributed by atoms with Crippen LogP contribution in [0.3, 0.4) is 0 Å². The predicted octanol–water partition coefficient (Wildman–Crippen LogP) is 5.73. The number of thioether (sulfide) groups is 1. The molecule has 0 radical (unpaired) electrons. The minimum atomic E-state index is -0.00476. The third-order valence-electron chi connectivity index (χ3n) is 5.03. The van der Waals surface area contributed by atoms with Crippen LogP contribution in [0.2, 0.25) is 0 Å². The van der Waals surface area contributed by atoms with Crippen molar-refractivity contribution in [2.45, 2.75) is 31.8 Å². The lowest BCUT2D eigenvalue weighted by atomic mass is 10.1. The van der Waals surface area contributed by atoms with Crippen LogP contribution in [0.5, 0.6) is 0 Å². The summed E-state index contributed by atoms with van der Waals surface area (Å²) < 4.78 is 1.79. The zero-order chi connectivity index (χ0) is 20.2. The molecule has 3 nitrogen and oxygen atoms in total. The molecule has 0 unspecified atom stereocenters. The van der Waals surface area contributed by atoms with Crippen LogP contribution in [0.25, 0.3) is 16.6 Å². The highest BCUT2D eigenvalue weighted by Crippen LogP contribution is 2.24. The molecule has 0 bridgehead atoms. The van der Waals surface area contributed by atoms with Gasteiger partial charge >= 0.3 is 0 Å². The molecule has 1 heterocycles. The first kappa shape index (κ1) is 19.5. The van der Waals surface area contributed by atoms with Crippen LogP contribution < -0.4 is 5.56 Å². The molecule has 29 heavy (non-hydrogen) atoms. The van der Waals surface area contributed by atoms with Gasteiger partial charge in [-0.15, -0.1) is 0 Å². The summed E-state index contributed by atoms with van der Waals surface area (Å²) in [5.41, 5.74) is 5.20. The Labute approximate surface area is 175 Å². The van der Waals surface area contributed by atoms with Crippen LogP contribution in [0, 0.1) is 13.8 Å². The number of nitrogens with zero attached hydrogens (tertiary/aromatic N) is 2. The molecule has 3 aromatic carbocycles. The number of fused-ring (bicyclic) bond motifs is 1. The molecule has 0 saturated carbocycles. The highest BCUT2D eigenvalue weighted by atomic mass is 32.2. The van der Waals surface area contributed by atoms with Gasteiger partial charge in [0.15, 0.2) is 5.16 Å². The second-order valence-corrected chi connectivity index (χ2v) is 8.34. The third-order valence-corrected chi connectivity index (χ3v) is 6.06. The van der Waals surface area contributed by atoms with Gasteiger partial charge in [-0.1, -0.05) is 66.4 Å². The number of para-hydroxylation sites is 1. The normalized spacial score (nSPS) is 11.1. The molecule has 0 spiro atoms. The first-order valence-electron chi connectivity index (χ1n) is 9.89. The van der Waals surface area contributed by atoms with Crippen molar-refractivity contribution in [1.82, 2.24) is 9.55 Å². The van der Waals surface area contributed by atoms with Crippen molar-refractivity contribution < 1.29 is 0 Å². The molecule has 4 heteroatoms. The maximum atomic E-state index is 13.4. The fourth-order valence-electron chi connectivity index (χ4n) is 3.47. The molecular weight excluding hydrogens is 376 g/mol. The maximum absolute atomic E-state index is 13.4. The fraction of sp³-hybridized carbons (Fsp3) is 0.200. The number of rotatable bonds is 6. The molecule has 4 aromatic rings. The first-order chi connectivity index (χ1) is 14.1. The Balaban J connectivity index is 1.70. The third kappa shape index (κ3) is 4.28. The van der Waals surface area contributed by atoms with Crippen LogP contribution in [0.15, 0.2) is 82.7 Å². The van der Waals surface area contributed by atoms with Gasteiger partial charge in [0.2, 0.25) is 0 Å². The molecule has 0 aliphatic carbocycles. The van der Waals surface area contributed by atoms with Crippen molar-refractivity contribution in [3.05, 3.63) is 99.8 Å². The number of hydrogen-bond acceptors (Lipinski definition) is 3. The standard InChI is InChI=1S/C25H24N2OS/c1-18-14-15-19(2)23(17-18)27-24(28)21-12-6-7-13-22(21)26-25(27)29-16-8-11-20-9-4-3-5-10-20/h3-7,9-10,12-15,17H,8,11,16H2,1-2H3. The summed E-state index contributed by atoms with van der Waals surface area (Å²) in [6, 6.07) is 24.3. The zero-order valence-corrected chi connectivity index (χ0v) is 17.6. The van der Waals surface area contributed by atoms with Gasteiger partial charge < -0.3 is 0 Å². The van der Waals surface area contributed by atoms with Gasteiger partial charge in [-0.05, 0) is 61.6 Å². The number of aromatic nitrogens is 2. The van der Waals surface area contributed by atoms with E-state index >= 15 is 0 Å². The van der Waals surface area contributed by atoms with Crippen molar-refractivity contribution >= 4 is 22.7 Å². The smallest absolute Gasteiger partial charge is 0.266 e. The van der Waals surface area contributed by atoms with Gasteiger partial charge in [-0.3, -0.25) is 9.36 Å². The Morgan fingerprint density at radius 2 is 1.69 bits per heavy atom. The lowest BCUT2D eigenvalue weighted by Gasteiger charge is -2.16. The quantitative estimate of drug-likeness (QED) is 0.236. The molecule has 4 rings (SSSR count). The summed E-state index contributed by atoms with van der Waals surface area (Å²) in [5.74, 6) is 0.907. The zero-order valence-electron chi connectivity index (χ0n) is 16.8. The summed E-state index contributed by atoms with van der Waals surface area (Å²) in [7, 11) is 0. The van der Waals surface area contributed by atoms with Gasteiger partial charge in [-0.2, -0.15) is 0 Å². The van der Waals surface area contributed by atoms with E-state index in [9.17, 15) is 4.79 Å². The van der Waals surface area contributed by atoms with Gasteiger partial charge in [0.25, 0.3) is 5.56 Å². The van der Waals surface area contributed by atoms with Crippen LogP contribution in [-0.2, 0) is 6.42 Å². The van der Waals surface area contributed by atoms with Crippen molar-refractivity contribution in [2.24, 2.45) is 0 Å². The van der Waals surface area contributed by atoms with Crippen molar-refractivity contribution in [2.75, 3.05) is 5.75 Å². The molecule has 0 aliphatic heterocycles. The molecule has 0 N–H and O–H groups in total. The average molecular weight is 401 g/mol. The molecule has 0 fully saturated rings. The highest BCUT2D eigenvalue weighted by molar-refractivity contribution is 7.99. The molecule has 1 aromatic heterocycles. The highest BCUT2D eigenvalue weighted by Gasteiger charge is 2.15. The molecule has 0 saturated heterocycles. The topological polar surface area (TPSA) is 34.9 Å². The van der Waals surface area contributed by atoms with Crippen molar-refractivity contribution in [3.63, 3.8) is 0 Å². The van der Waals surface area contributed by atoms with Crippen LogP contribution in [-0.4, -0.2) is 15.3 Å². The minimum absolute atomic E-state index is 0.00476. The number of aryl methyl sites for hydroxylation is 3. The Kier molecular flexibility index (Phi) is 5.81. The second kappa shape index (κ2) is 8.66. The SMILES string of the molecule is Cc1ccc(C)c(-n2c(SCCCc3ccccc3)nc3ccccc3c2=O)c1. The van der Waals surface area contributed by atoms with E-state index in [1.54, 1.807) is 16.3 Å². The van der Waals surface area contributed by atoms with E-state index < -0.39 is 0 Å². The summed E-state index contributed by atoms with van der Waals surface area (Å²) in [4.78, 5) is 18.2. The monoisotopic (exact) mass is 400 g/mol. The summed E-state index contributed by atoms with van der Waals surface area (Å²) in [5, 5.41) is 1.41. The predicted molar refractivity (Wildman–Crippen MR) is 122 cm³/mol. The molecule has 0 atom stereocenters.